The van der Waals surface area contributed by atoms with Gasteiger partial charge in [-0.1, -0.05) is 6.08 Å². The summed E-state index contributed by atoms with van der Waals surface area (Å²) in [5.74, 6) is 0.794. The van der Waals surface area contributed by atoms with Gasteiger partial charge in [0.15, 0.2) is 0 Å². The van der Waals surface area contributed by atoms with Crippen molar-refractivity contribution < 1.29 is 4.74 Å². The molecular formula is C11H15N3O. The van der Waals surface area contributed by atoms with Crippen molar-refractivity contribution in [1.82, 2.24) is 9.97 Å². The van der Waals surface area contributed by atoms with E-state index >= 15 is 0 Å². The van der Waals surface area contributed by atoms with Gasteiger partial charge in [-0.25, -0.2) is 9.97 Å². The lowest BCUT2D eigenvalue weighted by atomic mass is 10.3. The van der Waals surface area contributed by atoms with Crippen LogP contribution in [0.4, 0.5) is 5.95 Å². The van der Waals surface area contributed by atoms with E-state index < -0.39 is 0 Å². The van der Waals surface area contributed by atoms with Crippen molar-refractivity contribution in [2.45, 2.75) is 12.5 Å². The van der Waals surface area contributed by atoms with Crippen LogP contribution in [-0.2, 0) is 4.74 Å². The number of anilines is 1. The molecule has 1 aromatic heterocycles. The van der Waals surface area contributed by atoms with Gasteiger partial charge in [-0.3, -0.25) is 0 Å². The van der Waals surface area contributed by atoms with Crippen molar-refractivity contribution in [2.24, 2.45) is 0 Å². The normalized spacial score (nSPS) is 20.5. The van der Waals surface area contributed by atoms with E-state index in [0.29, 0.717) is 6.61 Å². The van der Waals surface area contributed by atoms with Crippen LogP contribution in [0.15, 0.2) is 31.1 Å². The van der Waals surface area contributed by atoms with Crippen LogP contribution < -0.4 is 4.90 Å². The van der Waals surface area contributed by atoms with Gasteiger partial charge >= 0.3 is 0 Å². The SMILES string of the molecule is C=CCOC1CCN(c2ncccn2)C1. The molecule has 1 saturated heterocycles. The molecule has 80 valence electrons. The third-order valence-corrected chi connectivity index (χ3v) is 2.43. The first-order valence-corrected chi connectivity index (χ1v) is 5.14. The Balaban J connectivity index is 1.90. The van der Waals surface area contributed by atoms with Gasteiger partial charge in [0, 0.05) is 25.5 Å². The largest absolute Gasteiger partial charge is 0.372 e. The molecule has 15 heavy (non-hydrogen) atoms. The zero-order valence-corrected chi connectivity index (χ0v) is 8.67. The maximum Gasteiger partial charge on any atom is 0.225 e. The summed E-state index contributed by atoms with van der Waals surface area (Å²) in [5.41, 5.74) is 0. The van der Waals surface area contributed by atoms with Crippen LogP contribution >= 0.6 is 0 Å². The van der Waals surface area contributed by atoms with Gasteiger partial charge in [-0.2, -0.15) is 0 Å². The third-order valence-electron chi connectivity index (χ3n) is 2.43. The second kappa shape index (κ2) is 4.89. The Morgan fingerprint density at radius 3 is 3.07 bits per heavy atom. The first kappa shape index (κ1) is 10.1. The molecule has 1 aromatic rings. The lowest BCUT2D eigenvalue weighted by Gasteiger charge is -2.15. The molecule has 4 nitrogen and oxygen atoms in total. The maximum absolute atomic E-state index is 5.59. The molecule has 1 fully saturated rings. The minimum Gasteiger partial charge on any atom is -0.372 e. The van der Waals surface area contributed by atoms with E-state index in [9.17, 15) is 0 Å². The number of aromatic nitrogens is 2. The molecule has 1 unspecified atom stereocenters. The molecule has 1 aliphatic rings. The zero-order valence-electron chi connectivity index (χ0n) is 8.67. The highest BCUT2D eigenvalue weighted by Crippen LogP contribution is 2.17. The predicted molar refractivity (Wildman–Crippen MR) is 58.8 cm³/mol. The first-order valence-electron chi connectivity index (χ1n) is 5.14. The van der Waals surface area contributed by atoms with Crippen LogP contribution in [0.3, 0.4) is 0 Å². The van der Waals surface area contributed by atoms with Crippen molar-refractivity contribution >= 4 is 5.95 Å². The van der Waals surface area contributed by atoms with Crippen molar-refractivity contribution in [1.29, 1.82) is 0 Å². The summed E-state index contributed by atoms with van der Waals surface area (Å²) in [6, 6.07) is 1.82. The molecule has 0 aliphatic carbocycles. The van der Waals surface area contributed by atoms with Gasteiger partial charge in [0.05, 0.1) is 12.7 Å². The van der Waals surface area contributed by atoms with Crippen LogP contribution in [0.2, 0.25) is 0 Å². The van der Waals surface area contributed by atoms with Crippen LogP contribution in [0.25, 0.3) is 0 Å². The summed E-state index contributed by atoms with van der Waals surface area (Å²) in [6.07, 6.45) is 6.63. The fraction of sp³-hybridized carbons (Fsp3) is 0.455. The van der Waals surface area contributed by atoms with E-state index in [1.165, 1.54) is 0 Å². The van der Waals surface area contributed by atoms with Gasteiger partial charge in [-0.15, -0.1) is 6.58 Å². The molecule has 0 amide bonds. The van der Waals surface area contributed by atoms with E-state index in [0.717, 1.165) is 25.5 Å². The standard InChI is InChI=1S/C11H15N3O/c1-2-8-15-10-4-7-14(9-10)11-12-5-3-6-13-11/h2-3,5-6,10H,1,4,7-9H2. The summed E-state index contributed by atoms with van der Waals surface area (Å²) in [5, 5.41) is 0. The quantitative estimate of drug-likeness (QED) is 0.693. The molecular weight excluding hydrogens is 190 g/mol. The lowest BCUT2D eigenvalue weighted by Crippen LogP contribution is -2.24. The highest BCUT2D eigenvalue weighted by molar-refractivity contribution is 5.30. The zero-order chi connectivity index (χ0) is 10.5. The molecule has 0 radical (unpaired) electrons. The Hall–Kier alpha value is -1.42. The summed E-state index contributed by atoms with van der Waals surface area (Å²) in [7, 11) is 0. The highest BCUT2D eigenvalue weighted by atomic mass is 16.5. The third kappa shape index (κ3) is 2.53. The topological polar surface area (TPSA) is 38.2 Å². The van der Waals surface area contributed by atoms with Crippen molar-refractivity contribution in [3.05, 3.63) is 31.1 Å². The second-order valence-corrected chi connectivity index (χ2v) is 3.53. The minimum atomic E-state index is 0.284. The molecule has 1 aliphatic heterocycles. The van der Waals surface area contributed by atoms with E-state index in [4.69, 9.17) is 4.74 Å². The lowest BCUT2D eigenvalue weighted by molar-refractivity contribution is 0.0908. The summed E-state index contributed by atoms with van der Waals surface area (Å²) in [4.78, 5) is 10.6. The molecule has 0 spiro atoms. The fourth-order valence-corrected chi connectivity index (χ4v) is 1.70. The molecule has 0 N–H and O–H groups in total. The second-order valence-electron chi connectivity index (χ2n) is 3.53. The van der Waals surface area contributed by atoms with Gasteiger partial charge < -0.3 is 9.64 Å². The molecule has 0 bridgehead atoms. The van der Waals surface area contributed by atoms with Crippen molar-refractivity contribution in [3.8, 4) is 0 Å². The van der Waals surface area contributed by atoms with E-state index in [1.54, 1.807) is 18.5 Å². The Morgan fingerprint density at radius 2 is 2.33 bits per heavy atom. The van der Waals surface area contributed by atoms with Crippen molar-refractivity contribution in [3.63, 3.8) is 0 Å². The molecule has 0 saturated carbocycles. The van der Waals surface area contributed by atoms with E-state index in [2.05, 4.69) is 21.4 Å². The van der Waals surface area contributed by atoms with Crippen LogP contribution in [0, 0.1) is 0 Å². The number of hydrogen-bond donors (Lipinski definition) is 0. The Labute approximate surface area is 89.6 Å². The first-order chi connectivity index (χ1) is 7.40. The average molecular weight is 205 g/mol. The van der Waals surface area contributed by atoms with Gasteiger partial charge in [0.1, 0.15) is 0 Å². The van der Waals surface area contributed by atoms with E-state index in [-0.39, 0.29) is 6.10 Å². The Morgan fingerprint density at radius 1 is 1.53 bits per heavy atom. The molecule has 0 aromatic carbocycles. The van der Waals surface area contributed by atoms with Gasteiger partial charge in [0.2, 0.25) is 5.95 Å². The number of ether oxygens (including phenoxy) is 1. The van der Waals surface area contributed by atoms with Crippen LogP contribution in [-0.4, -0.2) is 35.8 Å². The fourth-order valence-electron chi connectivity index (χ4n) is 1.70. The maximum atomic E-state index is 5.59. The molecule has 2 heterocycles. The average Bonchev–Trinajstić information content (AvgIpc) is 2.76. The predicted octanol–water partition coefficient (Wildman–Crippen LogP) is 1.26. The number of nitrogens with zero attached hydrogens (tertiary/aromatic N) is 3. The summed E-state index contributed by atoms with van der Waals surface area (Å²) >= 11 is 0. The monoisotopic (exact) mass is 205 g/mol. The van der Waals surface area contributed by atoms with Gasteiger partial charge in [0.25, 0.3) is 0 Å². The minimum absolute atomic E-state index is 0.284. The molecule has 4 heteroatoms. The van der Waals surface area contributed by atoms with Crippen LogP contribution in [0.5, 0.6) is 0 Å². The van der Waals surface area contributed by atoms with Crippen LogP contribution in [0.1, 0.15) is 6.42 Å². The molecule has 1 atom stereocenters. The number of hydrogen-bond acceptors (Lipinski definition) is 4. The number of rotatable bonds is 4. The summed E-state index contributed by atoms with van der Waals surface area (Å²) < 4.78 is 5.59. The Kier molecular flexibility index (Phi) is 3.29. The smallest absolute Gasteiger partial charge is 0.225 e. The van der Waals surface area contributed by atoms with Crippen molar-refractivity contribution in [2.75, 3.05) is 24.6 Å². The Bertz CT molecular complexity index is 315. The summed E-state index contributed by atoms with van der Waals surface area (Å²) in [6.45, 7) is 6.09. The molecule has 2 rings (SSSR count). The van der Waals surface area contributed by atoms with E-state index in [1.807, 2.05) is 6.07 Å². The van der Waals surface area contributed by atoms with Gasteiger partial charge in [-0.05, 0) is 12.5 Å². The highest BCUT2D eigenvalue weighted by Gasteiger charge is 2.24.